The second-order valence-corrected chi connectivity index (χ2v) is 7.70. The molecular weight excluding hydrogens is 411 g/mol. The molecule has 1 aromatic carbocycles. The van der Waals surface area contributed by atoms with E-state index in [1.807, 2.05) is 13.2 Å². The van der Waals surface area contributed by atoms with Crippen LogP contribution in [0.4, 0.5) is 10.1 Å². The fourth-order valence-corrected chi connectivity index (χ4v) is 3.89. The number of nitrogens with zero attached hydrogens (tertiary/aromatic N) is 6. The van der Waals surface area contributed by atoms with E-state index < -0.39 is 5.82 Å². The van der Waals surface area contributed by atoms with Crippen molar-refractivity contribution in [3.63, 3.8) is 0 Å². The van der Waals surface area contributed by atoms with Gasteiger partial charge in [0.25, 0.3) is 0 Å². The lowest BCUT2D eigenvalue weighted by molar-refractivity contribution is -0.119. The van der Waals surface area contributed by atoms with Crippen molar-refractivity contribution in [1.29, 1.82) is 0 Å². The molecule has 3 heterocycles. The van der Waals surface area contributed by atoms with Gasteiger partial charge in [0, 0.05) is 43.9 Å². The Balaban J connectivity index is 0.00000218. The molecule has 1 amide bonds. The Morgan fingerprint density at radius 1 is 1.30 bits per heavy atom. The molecule has 2 N–H and O–H groups in total. The molecule has 2 aromatic heterocycles. The van der Waals surface area contributed by atoms with Crippen LogP contribution in [0.25, 0.3) is 5.69 Å². The Kier molecular flexibility index (Phi) is 5.52. The predicted molar refractivity (Wildman–Crippen MR) is 109 cm³/mol. The third-order valence-electron chi connectivity index (χ3n) is 5.58. The maximum Gasteiger partial charge on any atom is 0.229 e. The second-order valence-electron chi connectivity index (χ2n) is 7.70. The van der Waals surface area contributed by atoms with Crippen molar-refractivity contribution in [2.75, 3.05) is 18.4 Å². The molecule has 0 unspecified atom stereocenters. The lowest BCUT2D eigenvalue weighted by atomic mass is 9.90. The third kappa shape index (κ3) is 3.80. The van der Waals surface area contributed by atoms with Crippen LogP contribution in [0.2, 0.25) is 0 Å². The largest absolute Gasteiger partial charge is 0.326 e. The fourth-order valence-electron chi connectivity index (χ4n) is 3.89. The summed E-state index contributed by atoms with van der Waals surface area (Å²) in [5.74, 6) is 0.192. The molecule has 1 aliphatic heterocycles. The Hall–Kier alpha value is -2.85. The number of tetrazole rings is 1. The third-order valence-corrected chi connectivity index (χ3v) is 5.58. The highest BCUT2D eigenvalue weighted by molar-refractivity contribution is 5.94. The van der Waals surface area contributed by atoms with Crippen molar-refractivity contribution in [2.24, 2.45) is 13.0 Å². The van der Waals surface area contributed by atoms with E-state index in [-0.39, 0.29) is 41.8 Å². The van der Waals surface area contributed by atoms with Crippen molar-refractivity contribution < 1.29 is 9.18 Å². The lowest BCUT2D eigenvalue weighted by Crippen LogP contribution is -2.28. The number of anilines is 1. The van der Waals surface area contributed by atoms with Crippen molar-refractivity contribution in [2.45, 2.75) is 24.7 Å². The number of hydrogen-bond donors (Lipinski definition) is 2. The molecule has 2 fully saturated rings. The van der Waals surface area contributed by atoms with Gasteiger partial charge in [0.15, 0.2) is 5.82 Å². The van der Waals surface area contributed by atoms with Crippen LogP contribution in [-0.4, -0.2) is 49.0 Å². The van der Waals surface area contributed by atoms with Gasteiger partial charge in [-0.1, -0.05) is 0 Å². The van der Waals surface area contributed by atoms with E-state index in [0.29, 0.717) is 24.6 Å². The van der Waals surface area contributed by atoms with Gasteiger partial charge in [-0.2, -0.15) is 9.78 Å². The molecule has 11 heteroatoms. The average Bonchev–Trinajstić information content (AvgIpc) is 3.11. The first-order valence-electron chi connectivity index (χ1n) is 9.68. The zero-order chi connectivity index (χ0) is 20.0. The molecule has 1 aliphatic carbocycles. The number of carbonyl (C=O) groups excluding carboxylic acids is 1. The van der Waals surface area contributed by atoms with E-state index in [9.17, 15) is 9.18 Å². The Labute approximate surface area is 178 Å². The highest BCUT2D eigenvalue weighted by atomic mass is 35.5. The number of amides is 1. The molecule has 5 rings (SSSR count). The molecule has 2 aliphatic rings. The van der Waals surface area contributed by atoms with E-state index in [4.69, 9.17) is 0 Å². The Morgan fingerprint density at radius 3 is 2.87 bits per heavy atom. The van der Waals surface area contributed by atoms with E-state index in [2.05, 4.69) is 31.3 Å². The minimum atomic E-state index is -0.437. The van der Waals surface area contributed by atoms with Crippen molar-refractivity contribution in [3.8, 4) is 5.69 Å². The number of halogens is 2. The number of aryl methyl sites for hydroxylation is 1. The van der Waals surface area contributed by atoms with Gasteiger partial charge in [0.05, 0.1) is 12.1 Å². The lowest BCUT2D eigenvalue weighted by Gasteiger charge is -2.17. The summed E-state index contributed by atoms with van der Waals surface area (Å²) < 4.78 is 17.6. The van der Waals surface area contributed by atoms with E-state index in [0.717, 1.165) is 18.4 Å². The minimum absolute atomic E-state index is 0. The molecule has 0 spiro atoms. The van der Waals surface area contributed by atoms with Crippen LogP contribution in [0, 0.1) is 11.7 Å². The smallest absolute Gasteiger partial charge is 0.229 e. The molecule has 0 bridgehead atoms. The number of benzene rings is 1. The maximum atomic E-state index is 14.5. The SMILES string of the molecule is Cl.Cn1cc([C@H]2CNC[C@@H]2C(=O)Nc2ccc(F)c(-n3nnnc3C3CC3)c2)cn1. The first-order valence-corrected chi connectivity index (χ1v) is 9.68. The molecule has 158 valence electrons. The standard InChI is InChI=1S/C19H21FN8O.ClH/c1-27-10-12(7-22-27)14-8-21-9-15(14)19(29)23-13-4-5-16(20)17(6-13)28-18(11-2-3-11)24-25-26-28;/h4-7,10-11,14-15,21H,2-3,8-9H2,1H3,(H,23,29);1H/t14-,15+;/m1./s1. The van der Waals surface area contributed by atoms with Gasteiger partial charge >= 0.3 is 0 Å². The van der Waals surface area contributed by atoms with Crippen LogP contribution in [0.3, 0.4) is 0 Å². The van der Waals surface area contributed by atoms with E-state index in [1.165, 1.54) is 10.7 Å². The van der Waals surface area contributed by atoms with Crippen LogP contribution in [0.1, 0.15) is 36.1 Å². The van der Waals surface area contributed by atoms with Gasteiger partial charge in [-0.25, -0.2) is 4.39 Å². The molecule has 30 heavy (non-hydrogen) atoms. The van der Waals surface area contributed by atoms with Crippen LogP contribution in [0.5, 0.6) is 0 Å². The number of hydrogen-bond acceptors (Lipinski definition) is 6. The van der Waals surface area contributed by atoms with Gasteiger partial charge < -0.3 is 10.6 Å². The molecular formula is C19H22ClFN8O. The topological polar surface area (TPSA) is 103 Å². The second kappa shape index (κ2) is 8.11. The summed E-state index contributed by atoms with van der Waals surface area (Å²) in [6.07, 6.45) is 5.74. The summed E-state index contributed by atoms with van der Waals surface area (Å²) in [7, 11) is 1.86. The fraction of sp³-hybridized carbons (Fsp3) is 0.421. The molecule has 1 saturated heterocycles. The number of carbonyl (C=O) groups is 1. The van der Waals surface area contributed by atoms with Crippen LogP contribution < -0.4 is 10.6 Å². The zero-order valence-electron chi connectivity index (χ0n) is 16.3. The molecule has 3 aromatic rings. The van der Waals surface area contributed by atoms with Gasteiger partial charge in [0.2, 0.25) is 5.91 Å². The van der Waals surface area contributed by atoms with Gasteiger partial charge in [-0.15, -0.1) is 17.5 Å². The van der Waals surface area contributed by atoms with Crippen LogP contribution in [-0.2, 0) is 11.8 Å². The monoisotopic (exact) mass is 432 g/mol. The quantitative estimate of drug-likeness (QED) is 0.637. The van der Waals surface area contributed by atoms with Crippen molar-refractivity contribution >= 4 is 24.0 Å². The maximum absolute atomic E-state index is 14.5. The molecule has 1 saturated carbocycles. The van der Waals surface area contributed by atoms with Gasteiger partial charge in [-0.05, 0) is 47.0 Å². The summed E-state index contributed by atoms with van der Waals surface area (Å²) in [6, 6.07) is 4.46. The summed E-state index contributed by atoms with van der Waals surface area (Å²) in [6.45, 7) is 1.30. The highest BCUT2D eigenvalue weighted by Crippen LogP contribution is 2.39. The zero-order valence-corrected chi connectivity index (χ0v) is 17.1. The molecule has 0 radical (unpaired) electrons. The van der Waals surface area contributed by atoms with E-state index >= 15 is 0 Å². The van der Waals surface area contributed by atoms with E-state index in [1.54, 1.807) is 23.0 Å². The highest BCUT2D eigenvalue weighted by Gasteiger charge is 2.35. The van der Waals surface area contributed by atoms with Crippen LogP contribution in [0.15, 0.2) is 30.6 Å². The minimum Gasteiger partial charge on any atom is -0.326 e. The number of rotatable bonds is 5. The number of nitrogens with one attached hydrogen (secondary N) is 2. The van der Waals surface area contributed by atoms with Gasteiger partial charge in [0.1, 0.15) is 11.5 Å². The molecule has 9 nitrogen and oxygen atoms in total. The summed E-state index contributed by atoms with van der Waals surface area (Å²) in [5, 5.41) is 22.1. The Bertz CT molecular complexity index is 1060. The van der Waals surface area contributed by atoms with Crippen LogP contribution >= 0.6 is 12.4 Å². The summed E-state index contributed by atoms with van der Waals surface area (Å²) in [5.41, 5.74) is 1.78. The summed E-state index contributed by atoms with van der Waals surface area (Å²) >= 11 is 0. The van der Waals surface area contributed by atoms with Crippen molar-refractivity contribution in [3.05, 3.63) is 47.8 Å². The number of aromatic nitrogens is 6. The first kappa shape index (κ1) is 20.4. The molecule has 2 atom stereocenters. The first-order chi connectivity index (χ1) is 14.1. The average molecular weight is 433 g/mol. The van der Waals surface area contributed by atoms with Crippen molar-refractivity contribution in [1.82, 2.24) is 35.3 Å². The summed E-state index contributed by atoms with van der Waals surface area (Å²) in [4.78, 5) is 13.0. The normalized spacial score (nSPS) is 20.7. The van der Waals surface area contributed by atoms with Gasteiger partial charge in [-0.3, -0.25) is 9.48 Å². The predicted octanol–water partition coefficient (Wildman–Crippen LogP) is 1.78. The Morgan fingerprint density at radius 2 is 2.13 bits per heavy atom.